The predicted octanol–water partition coefficient (Wildman–Crippen LogP) is 0.981. The topological polar surface area (TPSA) is 152 Å². The number of para-hydroxylation sites is 2. The minimum Gasteiger partial charge on any atom is -0.495 e. The summed E-state index contributed by atoms with van der Waals surface area (Å²) < 4.78 is 9.88. The lowest BCUT2D eigenvalue weighted by Crippen LogP contribution is -2.47. The highest BCUT2D eigenvalue weighted by atomic mass is 16.5. The fourth-order valence-corrected chi connectivity index (χ4v) is 4.47. The van der Waals surface area contributed by atoms with Crippen LogP contribution in [0.15, 0.2) is 40.2 Å². The van der Waals surface area contributed by atoms with Crippen LogP contribution in [0.25, 0.3) is 11.2 Å². The predicted molar refractivity (Wildman–Crippen MR) is 146 cm³/mol. The molecular formula is C26H36N6O7. The number of hydrogen-bond acceptors (Lipinski definition) is 8. The number of nitrogens with zero attached hydrogens (tertiary/aromatic N) is 6. The van der Waals surface area contributed by atoms with Crippen LogP contribution in [0, 0.1) is 0 Å². The van der Waals surface area contributed by atoms with Gasteiger partial charge in [-0.1, -0.05) is 12.1 Å². The van der Waals surface area contributed by atoms with Crippen LogP contribution in [0.4, 0.5) is 5.69 Å². The number of aromatic nitrogens is 4. The summed E-state index contributed by atoms with van der Waals surface area (Å²) in [6.45, 7) is 5.17. The Bertz CT molecular complexity index is 1390. The largest absolute Gasteiger partial charge is 0.495 e. The maximum Gasteiger partial charge on any atom is 0.332 e. The van der Waals surface area contributed by atoms with Gasteiger partial charge in [0.1, 0.15) is 5.75 Å². The molecule has 2 N–H and O–H groups in total. The third-order valence-corrected chi connectivity index (χ3v) is 6.70. The number of carbonyl (C=O) groups is 2. The number of benzene rings is 1. The van der Waals surface area contributed by atoms with Crippen LogP contribution in [0.3, 0.4) is 0 Å². The monoisotopic (exact) mass is 544 g/mol. The molecule has 3 heterocycles. The number of ether oxygens (including phenoxy) is 1. The van der Waals surface area contributed by atoms with Gasteiger partial charge in [-0.3, -0.25) is 28.4 Å². The second-order valence-electron chi connectivity index (χ2n) is 9.31. The van der Waals surface area contributed by atoms with Gasteiger partial charge in [0.05, 0.1) is 19.1 Å². The molecule has 2 aromatic heterocycles. The van der Waals surface area contributed by atoms with Gasteiger partial charge in [0.2, 0.25) is 0 Å². The van der Waals surface area contributed by atoms with E-state index in [0.29, 0.717) is 30.6 Å². The Kier molecular flexibility index (Phi) is 10.3. The molecule has 1 aromatic carbocycles. The summed E-state index contributed by atoms with van der Waals surface area (Å²) in [5, 5.41) is 16.3. The van der Waals surface area contributed by atoms with Crippen molar-refractivity contribution in [2.75, 3.05) is 44.7 Å². The summed E-state index contributed by atoms with van der Waals surface area (Å²) in [6.07, 6.45) is 2.67. The zero-order valence-corrected chi connectivity index (χ0v) is 22.6. The molecule has 0 bridgehead atoms. The van der Waals surface area contributed by atoms with Crippen molar-refractivity contribution in [2.24, 2.45) is 14.1 Å². The van der Waals surface area contributed by atoms with Crippen molar-refractivity contribution in [1.82, 2.24) is 23.6 Å². The van der Waals surface area contributed by atoms with Gasteiger partial charge < -0.3 is 24.4 Å². The first-order chi connectivity index (χ1) is 18.6. The molecule has 1 aliphatic heterocycles. The van der Waals surface area contributed by atoms with Gasteiger partial charge in [-0.05, 0) is 25.0 Å². The summed E-state index contributed by atoms with van der Waals surface area (Å²) in [5.41, 5.74) is 1.36. The lowest BCUT2D eigenvalue weighted by atomic mass is 10.2. The second kappa shape index (κ2) is 13.6. The maximum atomic E-state index is 12.6. The van der Waals surface area contributed by atoms with Crippen molar-refractivity contribution >= 4 is 28.8 Å². The van der Waals surface area contributed by atoms with Crippen LogP contribution in [0.2, 0.25) is 0 Å². The number of anilines is 1. The molecule has 39 heavy (non-hydrogen) atoms. The van der Waals surface area contributed by atoms with E-state index in [1.165, 1.54) is 11.6 Å². The van der Waals surface area contributed by atoms with E-state index < -0.39 is 11.9 Å². The number of imidazole rings is 1. The van der Waals surface area contributed by atoms with Crippen molar-refractivity contribution in [3.05, 3.63) is 51.4 Å². The number of carboxylic acid groups (broad SMARTS) is 2. The van der Waals surface area contributed by atoms with Crippen LogP contribution in [0.1, 0.15) is 25.7 Å². The molecule has 0 amide bonds. The van der Waals surface area contributed by atoms with E-state index in [1.54, 1.807) is 20.5 Å². The average molecular weight is 545 g/mol. The smallest absolute Gasteiger partial charge is 0.332 e. The first-order valence-corrected chi connectivity index (χ1v) is 12.8. The van der Waals surface area contributed by atoms with Gasteiger partial charge in [-0.2, -0.15) is 0 Å². The van der Waals surface area contributed by atoms with E-state index in [0.717, 1.165) is 48.7 Å². The average Bonchev–Trinajstić information content (AvgIpc) is 3.36. The summed E-state index contributed by atoms with van der Waals surface area (Å²) in [6, 6.07) is 8.09. The molecule has 0 saturated carbocycles. The molecular weight excluding hydrogens is 508 g/mol. The number of aryl methyl sites for hydroxylation is 1. The van der Waals surface area contributed by atoms with Crippen molar-refractivity contribution < 1.29 is 24.5 Å². The molecule has 4 rings (SSSR count). The van der Waals surface area contributed by atoms with Crippen molar-refractivity contribution in [3.63, 3.8) is 0 Å². The Hall–Kier alpha value is -4.13. The molecule has 0 unspecified atom stereocenters. The number of carboxylic acids is 2. The Labute approximate surface area is 225 Å². The number of unbranched alkanes of at least 4 members (excludes halogenated alkanes) is 1. The second-order valence-corrected chi connectivity index (χ2v) is 9.31. The minimum absolute atomic E-state index is 0.0628. The molecule has 1 fully saturated rings. The lowest BCUT2D eigenvalue weighted by Gasteiger charge is -2.36. The quantitative estimate of drug-likeness (QED) is 0.353. The molecule has 1 aliphatic rings. The molecule has 0 atom stereocenters. The minimum atomic E-state index is -0.870. The highest BCUT2D eigenvalue weighted by Gasteiger charge is 2.20. The molecule has 13 nitrogen and oxygen atoms in total. The van der Waals surface area contributed by atoms with Crippen molar-refractivity contribution in [1.29, 1.82) is 0 Å². The zero-order chi connectivity index (χ0) is 28.5. The van der Waals surface area contributed by atoms with E-state index in [9.17, 15) is 19.2 Å². The molecule has 212 valence electrons. The number of aliphatic carboxylic acids is 2. The van der Waals surface area contributed by atoms with E-state index >= 15 is 0 Å². The van der Waals surface area contributed by atoms with Crippen LogP contribution in [-0.4, -0.2) is 85.6 Å². The van der Waals surface area contributed by atoms with Gasteiger partial charge >= 0.3 is 17.6 Å². The number of methoxy groups -OCH3 is 1. The van der Waals surface area contributed by atoms with Gasteiger partial charge in [-0.15, -0.1) is 0 Å². The maximum absolute atomic E-state index is 12.6. The van der Waals surface area contributed by atoms with Gasteiger partial charge in [0.25, 0.3) is 5.56 Å². The highest BCUT2D eigenvalue weighted by molar-refractivity contribution is 5.70. The Morgan fingerprint density at radius 3 is 2.13 bits per heavy atom. The Morgan fingerprint density at radius 1 is 0.923 bits per heavy atom. The first-order valence-electron chi connectivity index (χ1n) is 12.8. The van der Waals surface area contributed by atoms with Crippen molar-refractivity contribution in [2.45, 2.75) is 32.2 Å². The molecule has 0 radical (unpaired) electrons. The number of rotatable bonds is 10. The fraction of sp³-hybridized carbons (Fsp3) is 0.500. The molecule has 1 saturated heterocycles. The zero-order valence-electron chi connectivity index (χ0n) is 22.6. The standard InChI is InChI=1S/C20H26N6O3.C6H10O4/c1-22-18-17(19(27)23(2)20(22)28)26(14-21-18)13-10-24-8-11-25(12-9-24)15-6-4-5-7-16(15)29-3;7-5(8)3-1-2-4-6(9)10/h4-7,14H,8-13H2,1-3H3;1-4H2,(H,7,8)(H,9,10). The van der Waals surface area contributed by atoms with Gasteiger partial charge in [0, 0.05) is 66.2 Å². The fourth-order valence-electron chi connectivity index (χ4n) is 4.47. The third kappa shape index (κ3) is 7.47. The van der Waals surface area contributed by atoms with Crippen molar-refractivity contribution in [3.8, 4) is 5.75 Å². The molecule has 0 aliphatic carbocycles. The number of piperazine rings is 1. The van der Waals surface area contributed by atoms with E-state index in [1.807, 2.05) is 22.8 Å². The Morgan fingerprint density at radius 2 is 1.54 bits per heavy atom. The highest BCUT2D eigenvalue weighted by Crippen LogP contribution is 2.28. The SMILES string of the molecule is COc1ccccc1N1CCN(CCn2cnc3c2c(=O)n(C)c(=O)n3C)CC1.O=C(O)CCCCC(=O)O. The van der Waals surface area contributed by atoms with Gasteiger partial charge in [0.15, 0.2) is 11.2 Å². The molecule has 3 aromatic rings. The van der Waals surface area contributed by atoms with Crippen LogP contribution in [-0.2, 0) is 30.2 Å². The van der Waals surface area contributed by atoms with Crippen LogP contribution < -0.4 is 20.9 Å². The summed E-state index contributed by atoms with van der Waals surface area (Å²) in [5.74, 6) is -0.844. The van der Waals surface area contributed by atoms with Gasteiger partial charge in [-0.25, -0.2) is 9.78 Å². The van der Waals surface area contributed by atoms with E-state index in [4.69, 9.17) is 14.9 Å². The lowest BCUT2D eigenvalue weighted by molar-refractivity contribution is -0.139. The van der Waals surface area contributed by atoms with E-state index in [2.05, 4.69) is 20.9 Å². The molecule has 13 heteroatoms. The number of fused-ring (bicyclic) bond motifs is 1. The summed E-state index contributed by atoms with van der Waals surface area (Å²) in [7, 11) is 4.83. The van der Waals surface area contributed by atoms with Crippen LogP contribution >= 0.6 is 0 Å². The summed E-state index contributed by atoms with van der Waals surface area (Å²) >= 11 is 0. The van der Waals surface area contributed by atoms with E-state index in [-0.39, 0.29) is 24.1 Å². The first kappa shape index (κ1) is 29.4. The Balaban J connectivity index is 0.000000360. The summed E-state index contributed by atoms with van der Waals surface area (Å²) in [4.78, 5) is 53.4. The normalized spacial score (nSPS) is 13.7. The molecule has 0 spiro atoms. The van der Waals surface area contributed by atoms with Crippen LogP contribution in [0.5, 0.6) is 5.75 Å². The number of hydrogen-bond donors (Lipinski definition) is 2. The third-order valence-electron chi connectivity index (χ3n) is 6.70.